The average molecular weight is 286 g/mol. The molecule has 2 aromatic heterocycles. The van der Waals surface area contributed by atoms with Gasteiger partial charge in [0.2, 0.25) is 5.88 Å². The summed E-state index contributed by atoms with van der Waals surface area (Å²) in [5, 5.41) is 3.28. The van der Waals surface area contributed by atoms with E-state index in [1.54, 1.807) is 12.3 Å². The number of pyridine rings is 2. The molecule has 5 heteroatoms. The molecule has 3 N–H and O–H groups in total. The second kappa shape index (κ2) is 5.99. The van der Waals surface area contributed by atoms with Crippen LogP contribution in [0, 0.1) is 6.92 Å². The van der Waals surface area contributed by atoms with E-state index >= 15 is 0 Å². The standard InChI is InChI=1S/C16H22N4O/c1-11-9-18-8-7-12(11)10-19-14-6-5-13(17)15(20-14)21-16(2,3)4/h5-9H,10,17H2,1-4H3,(H,19,20). The number of nitrogens with one attached hydrogen (secondary N) is 1. The molecule has 0 aromatic carbocycles. The highest BCUT2D eigenvalue weighted by Crippen LogP contribution is 2.25. The maximum atomic E-state index is 5.90. The molecule has 0 aliphatic rings. The van der Waals surface area contributed by atoms with Gasteiger partial charge in [0.05, 0.1) is 5.69 Å². The van der Waals surface area contributed by atoms with Gasteiger partial charge in [-0.2, -0.15) is 4.98 Å². The zero-order valence-electron chi connectivity index (χ0n) is 13.0. The van der Waals surface area contributed by atoms with Crippen molar-refractivity contribution in [3.63, 3.8) is 0 Å². The molecule has 0 amide bonds. The van der Waals surface area contributed by atoms with Crippen LogP contribution in [0.1, 0.15) is 31.9 Å². The van der Waals surface area contributed by atoms with Gasteiger partial charge in [0, 0.05) is 18.9 Å². The summed E-state index contributed by atoms with van der Waals surface area (Å²) in [6, 6.07) is 5.64. The van der Waals surface area contributed by atoms with Crippen LogP contribution in [0.5, 0.6) is 5.88 Å². The quantitative estimate of drug-likeness (QED) is 0.903. The largest absolute Gasteiger partial charge is 0.470 e. The fourth-order valence-electron chi connectivity index (χ4n) is 1.81. The Balaban J connectivity index is 2.11. The molecule has 0 saturated heterocycles. The number of nitrogens with two attached hydrogens (primary N) is 1. The Hall–Kier alpha value is -2.30. The lowest BCUT2D eigenvalue weighted by Gasteiger charge is -2.21. The predicted octanol–water partition coefficient (Wildman–Crippen LogP) is 3.16. The summed E-state index contributed by atoms with van der Waals surface area (Å²) < 4.78 is 5.76. The van der Waals surface area contributed by atoms with Gasteiger partial charge in [-0.25, -0.2) is 0 Å². The van der Waals surface area contributed by atoms with E-state index in [1.165, 1.54) is 5.56 Å². The molecule has 0 saturated carbocycles. The molecule has 112 valence electrons. The maximum absolute atomic E-state index is 5.90. The van der Waals surface area contributed by atoms with E-state index < -0.39 is 0 Å². The number of hydrogen-bond donors (Lipinski definition) is 2. The average Bonchev–Trinajstić information content (AvgIpc) is 2.39. The lowest BCUT2D eigenvalue weighted by atomic mass is 10.1. The molecule has 2 rings (SSSR count). The number of nitrogens with zero attached hydrogens (tertiary/aromatic N) is 2. The second-order valence-corrected chi connectivity index (χ2v) is 5.96. The first-order chi connectivity index (χ1) is 9.85. The lowest BCUT2D eigenvalue weighted by Crippen LogP contribution is -2.24. The molecule has 21 heavy (non-hydrogen) atoms. The molecule has 0 atom stereocenters. The van der Waals surface area contributed by atoms with Crippen LogP contribution in [0.4, 0.5) is 11.5 Å². The van der Waals surface area contributed by atoms with E-state index in [2.05, 4.69) is 15.3 Å². The first kappa shape index (κ1) is 15.1. The van der Waals surface area contributed by atoms with Crippen LogP contribution in [-0.4, -0.2) is 15.6 Å². The lowest BCUT2D eigenvalue weighted by molar-refractivity contribution is 0.125. The van der Waals surface area contributed by atoms with Crippen LogP contribution >= 0.6 is 0 Å². The monoisotopic (exact) mass is 286 g/mol. The summed E-state index contributed by atoms with van der Waals surface area (Å²) in [7, 11) is 0. The van der Waals surface area contributed by atoms with E-state index in [4.69, 9.17) is 10.5 Å². The summed E-state index contributed by atoms with van der Waals surface area (Å²) in [6.45, 7) is 8.62. The van der Waals surface area contributed by atoms with Gasteiger partial charge in [0.25, 0.3) is 0 Å². The van der Waals surface area contributed by atoms with Crippen LogP contribution < -0.4 is 15.8 Å². The summed E-state index contributed by atoms with van der Waals surface area (Å²) in [5.74, 6) is 1.19. The molecule has 0 unspecified atom stereocenters. The number of aromatic nitrogens is 2. The Morgan fingerprint density at radius 3 is 2.67 bits per heavy atom. The molecule has 0 bridgehead atoms. The maximum Gasteiger partial charge on any atom is 0.239 e. The van der Waals surface area contributed by atoms with Crippen molar-refractivity contribution in [1.29, 1.82) is 0 Å². The van der Waals surface area contributed by atoms with E-state index in [0.29, 0.717) is 18.1 Å². The van der Waals surface area contributed by atoms with E-state index in [9.17, 15) is 0 Å². The topological polar surface area (TPSA) is 73.1 Å². The molecule has 0 aliphatic heterocycles. The minimum Gasteiger partial charge on any atom is -0.470 e. The Morgan fingerprint density at radius 2 is 2.00 bits per heavy atom. The van der Waals surface area contributed by atoms with Crippen LogP contribution in [0.3, 0.4) is 0 Å². The fraction of sp³-hybridized carbons (Fsp3) is 0.375. The van der Waals surface area contributed by atoms with Crippen molar-refractivity contribution in [1.82, 2.24) is 9.97 Å². The zero-order valence-corrected chi connectivity index (χ0v) is 13.0. The van der Waals surface area contributed by atoms with Gasteiger partial charge in [0.1, 0.15) is 11.4 Å². The first-order valence-electron chi connectivity index (χ1n) is 6.94. The summed E-state index contributed by atoms with van der Waals surface area (Å²) in [6.07, 6.45) is 3.64. The van der Waals surface area contributed by atoms with Crippen molar-refractivity contribution in [2.75, 3.05) is 11.1 Å². The first-order valence-corrected chi connectivity index (χ1v) is 6.94. The molecule has 0 aliphatic carbocycles. The number of ether oxygens (including phenoxy) is 1. The van der Waals surface area contributed by atoms with E-state index in [1.807, 2.05) is 46.0 Å². The third-order valence-corrected chi connectivity index (χ3v) is 2.89. The third kappa shape index (κ3) is 4.34. The molecule has 0 fully saturated rings. The van der Waals surface area contributed by atoms with Gasteiger partial charge < -0.3 is 15.8 Å². The number of anilines is 2. The highest BCUT2D eigenvalue weighted by molar-refractivity contribution is 5.54. The SMILES string of the molecule is Cc1cnccc1CNc1ccc(N)c(OC(C)(C)C)n1. The Labute approximate surface area is 125 Å². The molecule has 2 heterocycles. The number of rotatable bonds is 4. The van der Waals surface area contributed by atoms with Crippen LogP contribution in [0.25, 0.3) is 0 Å². The normalized spacial score (nSPS) is 11.2. The van der Waals surface area contributed by atoms with Gasteiger partial charge in [-0.1, -0.05) is 0 Å². The summed E-state index contributed by atoms with van der Waals surface area (Å²) >= 11 is 0. The molecule has 0 radical (unpaired) electrons. The zero-order chi connectivity index (χ0) is 15.5. The molecule has 0 spiro atoms. The van der Waals surface area contributed by atoms with Gasteiger partial charge in [-0.05, 0) is 57.0 Å². The van der Waals surface area contributed by atoms with Crippen molar-refractivity contribution < 1.29 is 4.74 Å². The fourth-order valence-corrected chi connectivity index (χ4v) is 1.81. The van der Waals surface area contributed by atoms with Crippen molar-refractivity contribution in [3.05, 3.63) is 41.7 Å². The predicted molar refractivity (Wildman–Crippen MR) is 85.3 cm³/mol. The Bertz CT molecular complexity index is 620. The highest BCUT2D eigenvalue weighted by atomic mass is 16.5. The Morgan fingerprint density at radius 1 is 1.24 bits per heavy atom. The molecular weight excluding hydrogens is 264 g/mol. The van der Waals surface area contributed by atoms with Crippen LogP contribution in [-0.2, 0) is 6.54 Å². The molecule has 5 nitrogen and oxygen atoms in total. The molecule has 2 aromatic rings. The van der Waals surface area contributed by atoms with Crippen LogP contribution in [0.15, 0.2) is 30.6 Å². The number of nitrogen functional groups attached to an aromatic ring is 1. The third-order valence-electron chi connectivity index (χ3n) is 2.89. The van der Waals surface area contributed by atoms with Gasteiger partial charge in [0.15, 0.2) is 0 Å². The summed E-state index contributed by atoms with van der Waals surface area (Å²) in [5.41, 5.74) is 8.44. The molecular formula is C16H22N4O. The second-order valence-electron chi connectivity index (χ2n) is 5.96. The van der Waals surface area contributed by atoms with E-state index in [-0.39, 0.29) is 5.60 Å². The number of hydrogen-bond acceptors (Lipinski definition) is 5. The van der Waals surface area contributed by atoms with E-state index in [0.717, 1.165) is 11.4 Å². The number of aryl methyl sites for hydroxylation is 1. The van der Waals surface area contributed by atoms with Crippen molar-refractivity contribution in [3.8, 4) is 5.88 Å². The van der Waals surface area contributed by atoms with Crippen molar-refractivity contribution in [2.45, 2.75) is 39.8 Å². The minimum absolute atomic E-state index is 0.332. The Kier molecular flexibility index (Phi) is 4.31. The summed E-state index contributed by atoms with van der Waals surface area (Å²) in [4.78, 5) is 8.51. The van der Waals surface area contributed by atoms with Gasteiger partial charge in [-0.3, -0.25) is 4.98 Å². The van der Waals surface area contributed by atoms with Crippen molar-refractivity contribution in [2.24, 2.45) is 0 Å². The smallest absolute Gasteiger partial charge is 0.239 e. The minimum atomic E-state index is -0.332. The van der Waals surface area contributed by atoms with Crippen LogP contribution in [0.2, 0.25) is 0 Å². The van der Waals surface area contributed by atoms with Crippen molar-refractivity contribution >= 4 is 11.5 Å². The van der Waals surface area contributed by atoms with Gasteiger partial charge in [-0.15, -0.1) is 0 Å². The highest BCUT2D eigenvalue weighted by Gasteiger charge is 2.15. The van der Waals surface area contributed by atoms with Gasteiger partial charge >= 0.3 is 0 Å².